The predicted octanol–water partition coefficient (Wildman–Crippen LogP) is 0.949. The first-order valence-electron chi connectivity index (χ1n) is 2.45. The first kappa shape index (κ1) is 5.04. The van der Waals surface area contributed by atoms with E-state index >= 15 is 0 Å². The van der Waals surface area contributed by atoms with Crippen LogP contribution in [-0.2, 0) is 4.74 Å². The van der Waals surface area contributed by atoms with Gasteiger partial charge in [0.1, 0.15) is 6.17 Å². The van der Waals surface area contributed by atoms with E-state index in [9.17, 15) is 4.39 Å². The largest absolute Gasteiger partial charge is 0.378 e. The highest BCUT2D eigenvalue weighted by Gasteiger charge is 2.10. The minimum Gasteiger partial charge on any atom is -0.378 e. The van der Waals surface area contributed by atoms with Crippen LogP contribution in [0.15, 0.2) is 0 Å². The standard InChI is InChI=1S/C5H8FO/c6-5-2-1-3-7-4-5/h2,5H,1,3-4H2/t5-/m0/s1. The summed E-state index contributed by atoms with van der Waals surface area (Å²) in [6.07, 6.45) is 1.60. The molecule has 1 aliphatic rings. The molecule has 0 aliphatic carbocycles. The molecule has 0 N–H and O–H groups in total. The number of hydrogen-bond acceptors (Lipinski definition) is 1. The molecule has 1 atom stereocenters. The summed E-state index contributed by atoms with van der Waals surface area (Å²) in [5.41, 5.74) is 0. The maximum atomic E-state index is 12.0. The zero-order valence-electron chi connectivity index (χ0n) is 4.06. The van der Waals surface area contributed by atoms with Crippen molar-refractivity contribution in [2.24, 2.45) is 0 Å². The lowest BCUT2D eigenvalue weighted by Gasteiger charge is -2.13. The van der Waals surface area contributed by atoms with Gasteiger partial charge in [-0.25, -0.2) is 4.39 Å². The number of ether oxygens (including phenoxy) is 1. The summed E-state index contributed by atoms with van der Waals surface area (Å²) in [7, 11) is 0. The van der Waals surface area contributed by atoms with Crippen molar-refractivity contribution >= 4 is 0 Å². The van der Waals surface area contributed by atoms with Crippen LogP contribution in [0.5, 0.6) is 0 Å². The highest BCUT2D eigenvalue weighted by molar-refractivity contribution is 4.78. The predicted molar refractivity (Wildman–Crippen MR) is 24.6 cm³/mol. The van der Waals surface area contributed by atoms with Crippen LogP contribution in [0.4, 0.5) is 4.39 Å². The molecule has 0 unspecified atom stereocenters. The Morgan fingerprint density at radius 2 is 2.57 bits per heavy atom. The summed E-state index contributed by atoms with van der Waals surface area (Å²) in [6, 6.07) is 0. The maximum Gasteiger partial charge on any atom is 0.127 e. The Labute approximate surface area is 42.5 Å². The fraction of sp³-hybridized carbons (Fsp3) is 0.800. The average Bonchev–Trinajstić information content (AvgIpc) is 1.69. The SMILES string of the molecule is F[C@H]1[CH]CCOC1. The van der Waals surface area contributed by atoms with Crippen molar-refractivity contribution in [2.45, 2.75) is 12.6 Å². The Morgan fingerprint density at radius 3 is 2.86 bits per heavy atom. The van der Waals surface area contributed by atoms with E-state index in [2.05, 4.69) is 0 Å². The Balaban J connectivity index is 2.12. The van der Waals surface area contributed by atoms with Gasteiger partial charge in [0.25, 0.3) is 0 Å². The Bertz CT molecular complexity index is 50.0. The van der Waals surface area contributed by atoms with Crippen LogP contribution in [0.2, 0.25) is 0 Å². The average molecular weight is 103 g/mol. The molecule has 0 bridgehead atoms. The lowest BCUT2D eigenvalue weighted by Crippen LogP contribution is -2.18. The molecule has 0 aromatic carbocycles. The summed E-state index contributed by atoms with van der Waals surface area (Å²) in [5, 5.41) is 0. The Kier molecular flexibility index (Phi) is 1.63. The normalized spacial score (nSPS) is 33.0. The molecule has 0 aromatic heterocycles. The second kappa shape index (κ2) is 2.26. The quantitative estimate of drug-likeness (QED) is 0.443. The van der Waals surface area contributed by atoms with E-state index in [0.717, 1.165) is 6.42 Å². The van der Waals surface area contributed by atoms with Crippen LogP contribution in [-0.4, -0.2) is 19.4 Å². The molecular formula is C5H8FO. The number of halogens is 1. The van der Waals surface area contributed by atoms with Crippen molar-refractivity contribution in [3.8, 4) is 0 Å². The zero-order valence-corrected chi connectivity index (χ0v) is 4.06. The van der Waals surface area contributed by atoms with Crippen molar-refractivity contribution in [3.63, 3.8) is 0 Å². The number of rotatable bonds is 0. The minimum atomic E-state index is -0.811. The van der Waals surface area contributed by atoms with Crippen LogP contribution < -0.4 is 0 Å². The van der Waals surface area contributed by atoms with Crippen LogP contribution in [0.1, 0.15) is 6.42 Å². The van der Waals surface area contributed by atoms with Gasteiger partial charge in [-0.3, -0.25) is 0 Å². The van der Waals surface area contributed by atoms with Gasteiger partial charge in [-0.05, 0) is 6.42 Å². The van der Waals surface area contributed by atoms with E-state index in [-0.39, 0.29) is 6.61 Å². The molecule has 1 rings (SSSR count). The number of alkyl halides is 1. The summed E-state index contributed by atoms with van der Waals surface area (Å²) < 4.78 is 16.8. The lowest BCUT2D eigenvalue weighted by atomic mass is 10.2. The van der Waals surface area contributed by atoms with Crippen LogP contribution in [0.25, 0.3) is 0 Å². The molecule has 1 nitrogen and oxygen atoms in total. The lowest BCUT2D eigenvalue weighted by molar-refractivity contribution is 0.0643. The van der Waals surface area contributed by atoms with E-state index in [1.54, 1.807) is 6.42 Å². The van der Waals surface area contributed by atoms with Gasteiger partial charge in [-0.15, -0.1) is 0 Å². The molecule has 0 amide bonds. The molecular weight excluding hydrogens is 95.1 g/mol. The van der Waals surface area contributed by atoms with Crippen LogP contribution >= 0.6 is 0 Å². The molecule has 41 valence electrons. The first-order chi connectivity index (χ1) is 3.39. The van der Waals surface area contributed by atoms with Crippen molar-refractivity contribution in [1.82, 2.24) is 0 Å². The van der Waals surface area contributed by atoms with Crippen molar-refractivity contribution in [2.75, 3.05) is 13.2 Å². The van der Waals surface area contributed by atoms with Crippen molar-refractivity contribution in [1.29, 1.82) is 0 Å². The molecule has 1 heterocycles. The third-order valence-electron chi connectivity index (χ3n) is 0.962. The molecule has 2 heteroatoms. The Morgan fingerprint density at radius 1 is 1.71 bits per heavy atom. The second-order valence-corrected chi connectivity index (χ2v) is 1.62. The molecule has 1 fully saturated rings. The smallest absolute Gasteiger partial charge is 0.127 e. The molecule has 1 saturated heterocycles. The second-order valence-electron chi connectivity index (χ2n) is 1.62. The van der Waals surface area contributed by atoms with Gasteiger partial charge in [0, 0.05) is 13.0 Å². The summed E-state index contributed by atoms with van der Waals surface area (Å²) in [6.45, 7) is 0.959. The highest BCUT2D eigenvalue weighted by Crippen LogP contribution is 2.06. The zero-order chi connectivity index (χ0) is 5.11. The van der Waals surface area contributed by atoms with E-state index in [4.69, 9.17) is 4.74 Å². The summed E-state index contributed by atoms with van der Waals surface area (Å²) >= 11 is 0. The van der Waals surface area contributed by atoms with E-state index in [1.165, 1.54) is 0 Å². The van der Waals surface area contributed by atoms with Crippen molar-refractivity contribution in [3.05, 3.63) is 6.42 Å². The maximum absolute atomic E-state index is 12.0. The highest BCUT2D eigenvalue weighted by atomic mass is 19.1. The third-order valence-corrected chi connectivity index (χ3v) is 0.962. The molecule has 0 aromatic rings. The molecule has 7 heavy (non-hydrogen) atoms. The monoisotopic (exact) mass is 103 g/mol. The van der Waals surface area contributed by atoms with E-state index in [1.807, 2.05) is 0 Å². The van der Waals surface area contributed by atoms with Gasteiger partial charge in [0.2, 0.25) is 0 Å². The number of hydrogen-bond donors (Lipinski definition) is 0. The minimum absolute atomic E-state index is 0.264. The first-order valence-corrected chi connectivity index (χ1v) is 2.45. The van der Waals surface area contributed by atoms with Gasteiger partial charge < -0.3 is 4.74 Å². The molecule has 1 aliphatic heterocycles. The van der Waals surface area contributed by atoms with Crippen LogP contribution in [0.3, 0.4) is 0 Å². The van der Waals surface area contributed by atoms with Gasteiger partial charge in [-0.2, -0.15) is 0 Å². The molecule has 1 radical (unpaired) electrons. The molecule has 0 saturated carbocycles. The van der Waals surface area contributed by atoms with Crippen molar-refractivity contribution < 1.29 is 9.13 Å². The summed E-state index contributed by atoms with van der Waals surface area (Å²) in [5.74, 6) is 0. The third kappa shape index (κ3) is 1.43. The summed E-state index contributed by atoms with van der Waals surface area (Å²) in [4.78, 5) is 0. The molecule has 0 spiro atoms. The fourth-order valence-corrected chi connectivity index (χ4v) is 0.596. The topological polar surface area (TPSA) is 9.23 Å². The van der Waals surface area contributed by atoms with Gasteiger partial charge in [0.05, 0.1) is 6.61 Å². The Hall–Kier alpha value is -0.110. The van der Waals surface area contributed by atoms with Crippen LogP contribution in [0, 0.1) is 6.42 Å². The van der Waals surface area contributed by atoms with E-state index < -0.39 is 6.17 Å². The van der Waals surface area contributed by atoms with Gasteiger partial charge in [0.15, 0.2) is 0 Å². The fourth-order valence-electron chi connectivity index (χ4n) is 0.596. The van der Waals surface area contributed by atoms with Gasteiger partial charge >= 0.3 is 0 Å². The van der Waals surface area contributed by atoms with E-state index in [0.29, 0.717) is 6.61 Å². The van der Waals surface area contributed by atoms with Gasteiger partial charge in [-0.1, -0.05) is 0 Å².